The Morgan fingerprint density at radius 2 is 1.75 bits per heavy atom. The van der Waals surface area contributed by atoms with Crippen LogP contribution in [-0.2, 0) is 0 Å². The predicted octanol–water partition coefficient (Wildman–Crippen LogP) is 4.65. The molecule has 0 aliphatic rings. The molecule has 106 valence electrons. The predicted molar refractivity (Wildman–Crippen MR) is 69.7 cm³/mol. The maximum Gasteiger partial charge on any atom is 0.573 e. The van der Waals surface area contributed by atoms with Gasteiger partial charge in [0.25, 0.3) is 0 Å². The summed E-state index contributed by atoms with van der Waals surface area (Å²) in [6, 6.07) is 13.0. The van der Waals surface area contributed by atoms with Crippen LogP contribution in [0.15, 0.2) is 48.5 Å². The van der Waals surface area contributed by atoms with Crippen LogP contribution in [0.1, 0.15) is 6.92 Å². The molecule has 2 nitrogen and oxygen atoms in total. The minimum atomic E-state index is -4.70. The van der Waals surface area contributed by atoms with Gasteiger partial charge in [-0.15, -0.1) is 13.2 Å². The van der Waals surface area contributed by atoms with Gasteiger partial charge in [0.05, 0.1) is 6.61 Å². The van der Waals surface area contributed by atoms with Crippen LogP contribution < -0.4 is 9.47 Å². The fourth-order valence-corrected chi connectivity index (χ4v) is 1.85. The molecule has 0 amide bonds. The van der Waals surface area contributed by atoms with Gasteiger partial charge in [-0.2, -0.15) is 0 Å². The average molecular weight is 282 g/mol. The average Bonchev–Trinajstić information content (AvgIpc) is 2.38. The maximum atomic E-state index is 12.2. The quantitative estimate of drug-likeness (QED) is 0.812. The highest BCUT2D eigenvalue weighted by Gasteiger charge is 2.31. The molecule has 0 spiro atoms. The molecule has 0 atom stereocenters. The molecule has 0 unspecified atom stereocenters. The molecule has 2 rings (SSSR count). The van der Waals surface area contributed by atoms with Gasteiger partial charge in [0.15, 0.2) is 0 Å². The summed E-state index contributed by atoms with van der Waals surface area (Å²) in [5.41, 5.74) is 1.33. The van der Waals surface area contributed by atoms with E-state index in [1.165, 1.54) is 18.2 Å². The standard InChI is InChI=1S/C15H13F3O2/c1-2-19-14-9-4-3-8-13(14)11-6-5-7-12(10-11)20-15(16,17)18/h3-10H,2H2,1H3. The molecule has 0 radical (unpaired) electrons. The molecule has 0 N–H and O–H groups in total. The molecule has 0 aliphatic carbocycles. The van der Waals surface area contributed by atoms with E-state index in [9.17, 15) is 13.2 Å². The van der Waals surface area contributed by atoms with Gasteiger partial charge in [-0.05, 0) is 30.7 Å². The third kappa shape index (κ3) is 3.66. The van der Waals surface area contributed by atoms with Crippen molar-refractivity contribution in [3.05, 3.63) is 48.5 Å². The zero-order valence-electron chi connectivity index (χ0n) is 10.8. The van der Waals surface area contributed by atoms with Crippen LogP contribution in [0.3, 0.4) is 0 Å². The summed E-state index contributed by atoms with van der Waals surface area (Å²) < 4.78 is 46.1. The molecular formula is C15H13F3O2. The van der Waals surface area contributed by atoms with Gasteiger partial charge < -0.3 is 9.47 Å². The first-order valence-electron chi connectivity index (χ1n) is 6.07. The third-order valence-electron chi connectivity index (χ3n) is 2.57. The second-order valence-electron chi connectivity index (χ2n) is 4.00. The lowest BCUT2D eigenvalue weighted by atomic mass is 10.0. The van der Waals surface area contributed by atoms with Crippen molar-refractivity contribution >= 4 is 0 Å². The molecule has 0 saturated heterocycles. The Labute approximate surface area is 114 Å². The summed E-state index contributed by atoms with van der Waals surface area (Å²) in [4.78, 5) is 0. The van der Waals surface area contributed by atoms with Gasteiger partial charge >= 0.3 is 6.36 Å². The van der Waals surface area contributed by atoms with Crippen LogP contribution in [0.5, 0.6) is 11.5 Å². The number of alkyl halides is 3. The fourth-order valence-electron chi connectivity index (χ4n) is 1.85. The Hall–Kier alpha value is -2.17. The zero-order chi connectivity index (χ0) is 14.6. The van der Waals surface area contributed by atoms with E-state index < -0.39 is 6.36 Å². The van der Waals surface area contributed by atoms with E-state index in [4.69, 9.17) is 4.74 Å². The molecule has 2 aromatic carbocycles. The molecule has 0 bridgehead atoms. The number of hydrogen-bond donors (Lipinski definition) is 0. The molecule has 0 saturated carbocycles. The Kier molecular flexibility index (Phi) is 4.17. The second-order valence-corrected chi connectivity index (χ2v) is 4.00. The Morgan fingerprint density at radius 1 is 1.00 bits per heavy atom. The number of para-hydroxylation sites is 1. The molecule has 2 aromatic rings. The topological polar surface area (TPSA) is 18.5 Å². The number of rotatable bonds is 4. The number of halogens is 3. The lowest BCUT2D eigenvalue weighted by molar-refractivity contribution is -0.274. The first-order valence-corrected chi connectivity index (χ1v) is 6.07. The highest BCUT2D eigenvalue weighted by atomic mass is 19.4. The van der Waals surface area contributed by atoms with Gasteiger partial charge in [0, 0.05) is 5.56 Å². The number of hydrogen-bond acceptors (Lipinski definition) is 2. The maximum absolute atomic E-state index is 12.2. The minimum Gasteiger partial charge on any atom is -0.493 e. The van der Waals surface area contributed by atoms with E-state index in [-0.39, 0.29) is 5.75 Å². The van der Waals surface area contributed by atoms with Crippen molar-refractivity contribution in [2.45, 2.75) is 13.3 Å². The Bertz CT molecular complexity index is 579. The lowest BCUT2D eigenvalue weighted by Gasteiger charge is -2.12. The van der Waals surface area contributed by atoms with E-state index in [1.807, 2.05) is 13.0 Å². The van der Waals surface area contributed by atoms with Gasteiger partial charge in [-0.25, -0.2) is 0 Å². The monoisotopic (exact) mass is 282 g/mol. The van der Waals surface area contributed by atoms with Crippen molar-refractivity contribution in [1.82, 2.24) is 0 Å². The van der Waals surface area contributed by atoms with Gasteiger partial charge in [0.1, 0.15) is 11.5 Å². The van der Waals surface area contributed by atoms with E-state index in [0.29, 0.717) is 17.9 Å². The summed E-state index contributed by atoms with van der Waals surface area (Å²) in [6.45, 7) is 2.33. The van der Waals surface area contributed by atoms with Crippen molar-refractivity contribution in [3.63, 3.8) is 0 Å². The van der Waals surface area contributed by atoms with Crippen LogP contribution in [0.4, 0.5) is 13.2 Å². The normalized spacial score (nSPS) is 11.2. The van der Waals surface area contributed by atoms with Crippen molar-refractivity contribution in [1.29, 1.82) is 0 Å². The van der Waals surface area contributed by atoms with Crippen LogP contribution in [0.25, 0.3) is 11.1 Å². The Morgan fingerprint density at radius 3 is 2.45 bits per heavy atom. The summed E-state index contributed by atoms with van der Waals surface area (Å²) in [5, 5.41) is 0. The summed E-state index contributed by atoms with van der Waals surface area (Å²) in [6.07, 6.45) is -4.70. The zero-order valence-corrected chi connectivity index (χ0v) is 10.8. The highest BCUT2D eigenvalue weighted by Crippen LogP contribution is 2.33. The molecule has 5 heteroatoms. The minimum absolute atomic E-state index is 0.249. The molecular weight excluding hydrogens is 269 g/mol. The second kappa shape index (κ2) is 5.86. The number of ether oxygens (including phenoxy) is 2. The van der Waals surface area contributed by atoms with Crippen molar-refractivity contribution < 1.29 is 22.6 Å². The van der Waals surface area contributed by atoms with E-state index >= 15 is 0 Å². The Balaban J connectivity index is 2.36. The molecule has 0 aromatic heterocycles. The van der Waals surface area contributed by atoms with E-state index in [0.717, 1.165) is 5.56 Å². The SMILES string of the molecule is CCOc1ccccc1-c1cccc(OC(F)(F)F)c1. The summed E-state index contributed by atoms with van der Waals surface area (Å²) in [7, 11) is 0. The smallest absolute Gasteiger partial charge is 0.493 e. The summed E-state index contributed by atoms with van der Waals surface area (Å²) >= 11 is 0. The van der Waals surface area contributed by atoms with E-state index in [1.54, 1.807) is 24.3 Å². The molecule has 0 aliphatic heterocycles. The first-order chi connectivity index (χ1) is 9.49. The van der Waals surface area contributed by atoms with Gasteiger partial charge in [-0.3, -0.25) is 0 Å². The van der Waals surface area contributed by atoms with Crippen molar-refractivity contribution in [2.24, 2.45) is 0 Å². The first kappa shape index (κ1) is 14.2. The molecule has 0 fully saturated rings. The lowest BCUT2D eigenvalue weighted by Crippen LogP contribution is -2.17. The van der Waals surface area contributed by atoms with Crippen molar-refractivity contribution in [2.75, 3.05) is 6.61 Å². The fraction of sp³-hybridized carbons (Fsp3) is 0.200. The van der Waals surface area contributed by atoms with Crippen LogP contribution in [0, 0.1) is 0 Å². The summed E-state index contributed by atoms with van der Waals surface area (Å²) in [5.74, 6) is 0.375. The van der Waals surface area contributed by atoms with Crippen LogP contribution in [0.2, 0.25) is 0 Å². The van der Waals surface area contributed by atoms with Crippen LogP contribution in [-0.4, -0.2) is 13.0 Å². The largest absolute Gasteiger partial charge is 0.573 e. The third-order valence-corrected chi connectivity index (χ3v) is 2.57. The number of benzene rings is 2. The van der Waals surface area contributed by atoms with Crippen LogP contribution >= 0.6 is 0 Å². The van der Waals surface area contributed by atoms with E-state index in [2.05, 4.69) is 4.74 Å². The highest BCUT2D eigenvalue weighted by molar-refractivity contribution is 5.71. The van der Waals surface area contributed by atoms with Crippen molar-refractivity contribution in [3.8, 4) is 22.6 Å². The van der Waals surface area contributed by atoms with Gasteiger partial charge in [0.2, 0.25) is 0 Å². The molecule has 20 heavy (non-hydrogen) atoms. The molecule has 0 heterocycles. The van der Waals surface area contributed by atoms with Gasteiger partial charge in [-0.1, -0.05) is 30.3 Å².